The Morgan fingerprint density at radius 1 is 1.09 bits per heavy atom. The van der Waals surface area contributed by atoms with E-state index in [0.717, 1.165) is 4.90 Å². The van der Waals surface area contributed by atoms with E-state index in [0.29, 0.717) is 12.1 Å². The smallest absolute Gasteiger partial charge is 0.378 e. The molecule has 0 N–H and O–H groups in total. The molecule has 120 valence electrons. The Labute approximate surface area is 121 Å². The molecule has 1 aromatic carbocycles. The van der Waals surface area contributed by atoms with Gasteiger partial charge in [-0.2, -0.15) is 13.2 Å². The van der Waals surface area contributed by atoms with E-state index in [1.807, 2.05) is 0 Å². The molecule has 11 heteroatoms. The molecule has 1 saturated heterocycles. The molecule has 1 heterocycles. The van der Waals surface area contributed by atoms with Crippen molar-refractivity contribution in [2.75, 3.05) is 31.2 Å². The molecule has 0 amide bonds. The van der Waals surface area contributed by atoms with Crippen LogP contribution >= 0.6 is 0 Å². The molecular formula is C11H10F3N3O5. The number of ether oxygens (including phenoxy) is 1. The van der Waals surface area contributed by atoms with Gasteiger partial charge in [0.2, 0.25) is 0 Å². The minimum Gasteiger partial charge on any atom is -0.378 e. The Bertz CT molecular complexity index is 614. The van der Waals surface area contributed by atoms with Crippen LogP contribution in [0.1, 0.15) is 5.56 Å². The fourth-order valence-corrected chi connectivity index (χ4v) is 2.18. The van der Waals surface area contributed by atoms with Crippen LogP contribution in [0.25, 0.3) is 0 Å². The topological polar surface area (TPSA) is 98.8 Å². The van der Waals surface area contributed by atoms with Crippen molar-refractivity contribution < 1.29 is 27.8 Å². The summed E-state index contributed by atoms with van der Waals surface area (Å²) in [7, 11) is 0. The number of non-ortho nitro benzene ring substituents is 1. The quantitative estimate of drug-likeness (QED) is 0.626. The third-order valence-electron chi connectivity index (χ3n) is 3.11. The van der Waals surface area contributed by atoms with Crippen molar-refractivity contribution in [2.45, 2.75) is 6.18 Å². The van der Waals surface area contributed by atoms with E-state index < -0.39 is 38.6 Å². The number of hydrogen-bond acceptors (Lipinski definition) is 6. The molecule has 0 atom stereocenters. The summed E-state index contributed by atoms with van der Waals surface area (Å²) in [5.74, 6) is 0. The summed E-state index contributed by atoms with van der Waals surface area (Å²) in [5.41, 5.74) is -3.97. The van der Waals surface area contributed by atoms with Crippen molar-refractivity contribution >= 4 is 17.1 Å². The van der Waals surface area contributed by atoms with Crippen molar-refractivity contribution in [3.05, 3.63) is 37.9 Å². The number of nitro benzene ring substituents is 2. The first-order valence-electron chi connectivity index (χ1n) is 6.08. The number of rotatable bonds is 3. The van der Waals surface area contributed by atoms with Crippen molar-refractivity contribution in [1.29, 1.82) is 0 Å². The van der Waals surface area contributed by atoms with E-state index in [1.54, 1.807) is 0 Å². The van der Waals surface area contributed by atoms with Gasteiger partial charge in [0, 0.05) is 19.2 Å². The number of benzene rings is 1. The second kappa shape index (κ2) is 5.75. The third kappa shape index (κ3) is 3.08. The van der Waals surface area contributed by atoms with Crippen LogP contribution in [0.2, 0.25) is 0 Å². The van der Waals surface area contributed by atoms with E-state index in [-0.39, 0.29) is 26.3 Å². The molecule has 0 radical (unpaired) electrons. The fourth-order valence-electron chi connectivity index (χ4n) is 2.18. The second-order valence-corrected chi connectivity index (χ2v) is 4.47. The van der Waals surface area contributed by atoms with Crippen LogP contribution in [0.4, 0.5) is 30.2 Å². The molecule has 0 bridgehead atoms. The van der Waals surface area contributed by atoms with Crippen LogP contribution in [0.3, 0.4) is 0 Å². The lowest BCUT2D eigenvalue weighted by atomic mass is 10.1. The maximum absolute atomic E-state index is 13.2. The Balaban J connectivity index is 2.70. The number of nitrogens with zero attached hydrogens (tertiary/aromatic N) is 3. The van der Waals surface area contributed by atoms with E-state index in [4.69, 9.17) is 4.74 Å². The van der Waals surface area contributed by atoms with E-state index in [2.05, 4.69) is 0 Å². The normalized spacial score (nSPS) is 15.7. The molecule has 0 aromatic heterocycles. The first-order valence-corrected chi connectivity index (χ1v) is 6.08. The lowest BCUT2D eigenvalue weighted by Gasteiger charge is -2.30. The molecule has 1 fully saturated rings. The number of halogens is 3. The Morgan fingerprint density at radius 3 is 2.14 bits per heavy atom. The first-order chi connectivity index (χ1) is 10.2. The maximum atomic E-state index is 13.2. The SMILES string of the molecule is O=[N+]([O-])c1cc([N+](=O)[O-])c(N2CCOCC2)c(C(F)(F)F)c1. The predicted molar refractivity (Wildman–Crippen MR) is 67.8 cm³/mol. The Morgan fingerprint density at radius 2 is 1.68 bits per heavy atom. The fraction of sp³-hybridized carbons (Fsp3) is 0.455. The van der Waals surface area contributed by atoms with Gasteiger partial charge in [0.1, 0.15) is 5.69 Å². The van der Waals surface area contributed by atoms with Gasteiger partial charge >= 0.3 is 6.18 Å². The van der Waals surface area contributed by atoms with Crippen LogP contribution in [-0.4, -0.2) is 36.1 Å². The second-order valence-electron chi connectivity index (χ2n) is 4.47. The molecule has 22 heavy (non-hydrogen) atoms. The summed E-state index contributed by atoms with van der Waals surface area (Å²) in [6.45, 7) is 0.292. The summed E-state index contributed by atoms with van der Waals surface area (Å²) in [6.07, 6.45) is -4.95. The van der Waals surface area contributed by atoms with Gasteiger partial charge in [-0.15, -0.1) is 0 Å². The number of hydrogen-bond donors (Lipinski definition) is 0. The van der Waals surface area contributed by atoms with Gasteiger partial charge in [0.15, 0.2) is 0 Å². The highest BCUT2D eigenvalue weighted by atomic mass is 19.4. The average molecular weight is 321 g/mol. The van der Waals surface area contributed by atoms with Gasteiger partial charge in [-0.1, -0.05) is 0 Å². The summed E-state index contributed by atoms with van der Waals surface area (Å²) >= 11 is 0. The average Bonchev–Trinajstić information content (AvgIpc) is 2.45. The van der Waals surface area contributed by atoms with Crippen LogP contribution in [0, 0.1) is 20.2 Å². The van der Waals surface area contributed by atoms with Crippen LogP contribution in [0.5, 0.6) is 0 Å². The minimum atomic E-state index is -4.95. The molecule has 8 nitrogen and oxygen atoms in total. The third-order valence-corrected chi connectivity index (χ3v) is 3.11. The van der Waals surface area contributed by atoms with Gasteiger partial charge in [-0.3, -0.25) is 20.2 Å². The molecule has 1 aromatic rings. The van der Waals surface area contributed by atoms with Crippen LogP contribution < -0.4 is 4.90 Å². The lowest BCUT2D eigenvalue weighted by Crippen LogP contribution is -2.37. The zero-order chi connectivity index (χ0) is 16.5. The number of morpholine rings is 1. The van der Waals surface area contributed by atoms with Gasteiger partial charge in [-0.05, 0) is 0 Å². The summed E-state index contributed by atoms with van der Waals surface area (Å²) in [6, 6.07) is 0.859. The van der Waals surface area contributed by atoms with E-state index in [9.17, 15) is 33.4 Å². The van der Waals surface area contributed by atoms with E-state index >= 15 is 0 Å². The highest BCUT2D eigenvalue weighted by molar-refractivity contribution is 5.72. The van der Waals surface area contributed by atoms with Gasteiger partial charge < -0.3 is 9.64 Å². The molecular weight excluding hydrogens is 311 g/mol. The minimum absolute atomic E-state index is 0.0295. The Hall–Kier alpha value is -2.43. The number of nitro groups is 2. The molecule has 0 spiro atoms. The lowest BCUT2D eigenvalue weighted by molar-refractivity contribution is -0.394. The van der Waals surface area contributed by atoms with E-state index in [1.165, 1.54) is 0 Å². The van der Waals surface area contributed by atoms with Gasteiger partial charge in [0.25, 0.3) is 11.4 Å². The maximum Gasteiger partial charge on any atom is 0.418 e. The standard InChI is InChI=1S/C11H10F3N3O5/c12-11(13,14)8-5-7(16(18)19)6-9(17(20)21)10(8)15-1-3-22-4-2-15/h5-6H,1-4H2. The summed E-state index contributed by atoms with van der Waals surface area (Å²) in [5, 5.41) is 21.8. The number of anilines is 1. The highest BCUT2D eigenvalue weighted by Gasteiger charge is 2.41. The van der Waals surface area contributed by atoms with Crippen molar-refractivity contribution in [2.24, 2.45) is 0 Å². The van der Waals surface area contributed by atoms with Gasteiger partial charge in [-0.25, -0.2) is 0 Å². The molecule has 0 aliphatic carbocycles. The zero-order valence-electron chi connectivity index (χ0n) is 11.0. The molecule has 0 saturated carbocycles. The first kappa shape index (κ1) is 15.9. The monoisotopic (exact) mass is 321 g/mol. The molecule has 1 aliphatic heterocycles. The Kier molecular flexibility index (Phi) is 4.17. The molecule has 2 rings (SSSR count). The van der Waals surface area contributed by atoms with Crippen LogP contribution in [0.15, 0.2) is 12.1 Å². The molecule has 1 aliphatic rings. The molecule has 0 unspecified atom stereocenters. The van der Waals surface area contributed by atoms with Crippen molar-refractivity contribution in [1.82, 2.24) is 0 Å². The highest BCUT2D eigenvalue weighted by Crippen LogP contribution is 2.44. The largest absolute Gasteiger partial charge is 0.418 e. The zero-order valence-corrected chi connectivity index (χ0v) is 11.0. The summed E-state index contributed by atoms with van der Waals surface area (Å²) < 4.78 is 44.6. The number of alkyl halides is 3. The van der Waals surface area contributed by atoms with Gasteiger partial charge in [0.05, 0.1) is 34.7 Å². The summed E-state index contributed by atoms with van der Waals surface area (Å²) in [4.78, 5) is 20.8. The predicted octanol–water partition coefficient (Wildman–Crippen LogP) is 2.36. The van der Waals surface area contributed by atoms with Crippen molar-refractivity contribution in [3.63, 3.8) is 0 Å². The van der Waals surface area contributed by atoms with Crippen molar-refractivity contribution in [3.8, 4) is 0 Å². The van der Waals surface area contributed by atoms with Crippen LogP contribution in [-0.2, 0) is 10.9 Å².